The number of ether oxygens (including phenoxy) is 1. The molecule has 4 rings (SSSR count). The fraction of sp³-hybridized carbons (Fsp3) is 0.0909. The van der Waals surface area contributed by atoms with Crippen LogP contribution in [0.25, 0.3) is 0 Å². The molecule has 2 heteroatoms. The first kappa shape index (κ1) is 15.4. The van der Waals surface area contributed by atoms with Crippen LogP contribution in [0.3, 0.4) is 0 Å². The third kappa shape index (κ3) is 2.74. The molecule has 0 unspecified atom stereocenters. The van der Waals surface area contributed by atoms with Gasteiger partial charge in [-0.1, -0.05) is 0 Å². The van der Waals surface area contributed by atoms with E-state index in [1.54, 1.807) is 0 Å². The normalized spacial score (nSPS) is 15.9. The maximum absolute atomic E-state index is 6.42. The zero-order valence-electron chi connectivity index (χ0n) is 13.3. The predicted octanol–water partition coefficient (Wildman–Crippen LogP) is 3.87. The van der Waals surface area contributed by atoms with Crippen molar-refractivity contribution in [2.75, 3.05) is 6.61 Å². The van der Waals surface area contributed by atoms with Crippen LogP contribution in [-0.2, 0) is 10.3 Å². The monoisotopic (exact) mass is 378 g/mol. The van der Waals surface area contributed by atoms with Crippen molar-refractivity contribution in [3.63, 3.8) is 0 Å². The summed E-state index contributed by atoms with van der Waals surface area (Å²) in [6.07, 6.45) is 2.27. The molecule has 0 aromatic heterocycles. The van der Waals surface area contributed by atoms with Crippen LogP contribution in [0, 0.1) is 0 Å². The van der Waals surface area contributed by atoms with E-state index in [4.69, 9.17) is 4.74 Å². The van der Waals surface area contributed by atoms with E-state index in [0.29, 0.717) is 6.61 Å². The van der Waals surface area contributed by atoms with Crippen LogP contribution in [-0.4, -0.2) is 21.6 Å². The van der Waals surface area contributed by atoms with Crippen LogP contribution in [0.5, 0.6) is 0 Å². The Morgan fingerprint density at radius 3 is 1.71 bits per heavy atom. The molecule has 0 saturated heterocycles. The molecule has 0 atom stereocenters. The molecule has 3 aromatic rings. The van der Waals surface area contributed by atoms with Crippen LogP contribution < -0.4 is 4.46 Å². The van der Waals surface area contributed by atoms with E-state index in [9.17, 15) is 0 Å². The van der Waals surface area contributed by atoms with Gasteiger partial charge in [-0.05, 0) is 0 Å². The maximum atomic E-state index is 6.42. The van der Waals surface area contributed by atoms with E-state index in [-0.39, 0.29) is 15.0 Å². The Kier molecular flexibility index (Phi) is 4.35. The second-order valence-electron chi connectivity index (χ2n) is 5.71. The summed E-state index contributed by atoms with van der Waals surface area (Å²) in [6.45, 7) is 0.660. The van der Waals surface area contributed by atoms with E-state index in [0.717, 1.165) is 0 Å². The van der Waals surface area contributed by atoms with Crippen LogP contribution in [0.1, 0.15) is 11.1 Å². The number of benzene rings is 3. The summed E-state index contributed by atoms with van der Waals surface area (Å²) in [5.41, 5.74) is 1.95. The van der Waals surface area contributed by atoms with E-state index in [1.165, 1.54) is 20.1 Å². The molecule has 0 amide bonds. The van der Waals surface area contributed by atoms with E-state index >= 15 is 0 Å². The molecule has 0 bridgehead atoms. The average molecular weight is 377 g/mol. The Morgan fingerprint density at radius 2 is 1.17 bits per heavy atom. The molecule has 1 aliphatic heterocycles. The van der Waals surface area contributed by atoms with E-state index in [1.807, 2.05) is 0 Å². The molecule has 0 saturated carbocycles. The van der Waals surface area contributed by atoms with Gasteiger partial charge in [0.2, 0.25) is 0 Å². The first-order chi connectivity index (χ1) is 11.9. The summed E-state index contributed by atoms with van der Waals surface area (Å²) >= 11 is 0.226. The third-order valence-corrected chi connectivity index (χ3v) is 6.73. The topological polar surface area (TPSA) is 9.23 Å². The minimum absolute atomic E-state index is 0.226. The number of hydrogen-bond donors (Lipinski definition) is 0. The summed E-state index contributed by atoms with van der Waals surface area (Å²) < 4.78 is 9.17. The fourth-order valence-electron chi connectivity index (χ4n) is 3.15. The molecular weight excluding hydrogens is 359 g/mol. The molecular formula is C22H18OSe. The van der Waals surface area contributed by atoms with Gasteiger partial charge in [0.15, 0.2) is 0 Å². The molecule has 118 valence electrons. The van der Waals surface area contributed by atoms with Crippen molar-refractivity contribution < 1.29 is 4.74 Å². The van der Waals surface area contributed by atoms with Gasteiger partial charge in [-0.25, -0.2) is 0 Å². The van der Waals surface area contributed by atoms with Gasteiger partial charge in [-0.15, -0.1) is 0 Å². The fourth-order valence-corrected chi connectivity index (χ4v) is 5.54. The summed E-state index contributed by atoms with van der Waals surface area (Å²) in [7, 11) is 0. The second-order valence-corrected chi connectivity index (χ2v) is 8.05. The van der Waals surface area contributed by atoms with Gasteiger partial charge in [0.25, 0.3) is 0 Å². The number of hydrogen-bond acceptors (Lipinski definition) is 1. The van der Waals surface area contributed by atoms with Gasteiger partial charge in [-0.3, -0.25) is 0 Å². The van der Waals surface area contributed by atoms with Crippen molar-refractivity contribution in [2.24, 2.45) is 0 Å². The van der Waals surface area contributed by atoms with Crippen molar-refractivity contribution in [1.82, 2.24) is 0 Å². The molecule has 24 heavy (non-hydrogen) atoms. The number of rotatable bonds is 4. The van der Waals surface area contributed by atoms with Crippen molar-refractivity contribution in [1.29, 1.82) is 0 Å². The first-order valence-corrected chi connectivity index (χ1v) is 9.79. The Bertz CT molecular complexity index is 786. The molecule has 0 spiro atoms. The van der Waals surface area contributed by atoms with Crippen LogP contribution in [0.4, 0.5) is 0 Å². The molecule has 0 radical (unpaired) electrons. The van der Waals surface area contributed by atoms with Crippen molar-refractivity contribution >= 4 is 19.4 Å². The van der Waals surface area contributed by atoms with E-state index in [2.05, 4.69) is 97.1 Å². The van der Waals surface area contributed by atoms with Gasteiger partial charge >= 0.3 is 149 Å². The van der Waals surface area contributed by atoms with Crippen LogP contribution >= 0.6 is 0 Å². The summed E-state index contributed by atoms with van der Waals surface area (Å²) in [6, 6.07) is 31.9. The van der Waals surface area contributed by atoms with Crippen LogP contribution in [0.2, 0.25) is 0 Å². The van der Waals surface area contributed by atoms with Gasteiger partial charge in [0.05, 0.1) is 0 Å². The SMILES string of the molecule is C1=C([Se]c2ccccc2)C(c2ccccc2)(c2ccccc2)OC1. The Hall–Kier alpha value is -2.12. The molecule has 1 heterocycles. The Balaban J connectivity index is 1.83. The van der Waals surface area contributed by atoms with Gasteiger partial charge < -0.3 is 0 Å². The molecule has 0 fully saturated rings. The van der Waals surface area contributed by atoms with Gasteiger partial charge in [0.1, 0.15) is 0 Å². The summed E-state index contributed by atoms with van der Waals surface area (Å²) in [4.78, 5) is 0. The minimum atomic E-state index is -0.460. The predicted molar refractivity (Wildman–Crippen MR) is 99.5 cm³/mol. The van der Waals surface area contributed by atoms with Gasteiger partial charge in [-0.2, -0.15) is 0 Å². The average Bonchev–Trinajstić information content (AvgIpc) is 3.08. The standard InChI is InChI=1S/C22H18OSe/c1-4-10-18(11-5-1)22(19-12-6-2-7-13-19)21(16-17-23-22)24-20-14-8-3-9-15-20/h1-16H,17H2. The van der Waals surface area contributed by atoms with Crippen molar-refractivity contribution in [2.45, 2.75) is 5.60 Å². The van der Waals surface area contributed by atoms with Gasteiger partial charge in [0, 0.05) is 0 Å². The van der Waals surface area contributed by atoms with Crippen molar-refractivity contribution in [3.8, 4) is 0 Å². The van der Waals surface area contributed by atoms with Crippen molar-refractivity contribution in [3.05, 3.63) is 113 Å². The molecule has 3 aromatic carbocycles. The summed E-state index contributed by atoms with van der Waals surface area (Å²) in [5.74, 6) is 0. The zero-order chi connectivity index (χ0) is 16.2. The Morgan fingerprint density at radius 1 is 0.667 bits per heavy atom. The van der Waals surface area contributed by atoms with E-state index < -0.39 is 5.60 Å². The zero-order valence-corrected chi connectivity index (χ0v) is 15.0. The molecule has 1 nitrogen and oxygen atoms in total. The third-order valence-electron chi connectivity index (χ3n) is 4.25. The quantitative estimate of drug-likeness (QED) is 0.627. The Labute approximate surface area is 149 Å². The molecule has 0 aliphatic carbocycles. The van der Waals surface area contributed by atoms with Crippen LogP contribution in [0.15, 0.2) is 102 Å². The molecule has 1 aliphatic rings. The molecule has 0 N–H and O–H groups in total. The second kappa shape index (κ2) is 6.78. The first-order valence-electron chi connectivity index (χ1n) is 8.08. The summed E-state index contributed by atoms with van der Waals surface area (Å²) in [5, 5.41) is 0.